The molecule has 0 radical (unpaired) electrons. The first kappa shape index (κ1) is 18.8. The zero-order valence-corrected chi connectivity index (χ0v) is 13.5. The Morgan fingerprint density at radius 2 is 2.05 bits per heavy atom. The summed E-state index contributed by atoms with van der Waals surface area (Å²) in [5, 5.41) is 2.22. The smallest absolute Gasteiger partial charge is 0.326 e. The van der Waals surface area contributed by atoms with Crippen molar-refractivity contribution < 1.29 is 18.0 Å². The van der Waals surface area contributed by atoms with E-state index >= 15 is 0 Å². The zero-order chi connectivity index (χ0) is 16.8. The van der Waals surface area contributed by atoms with Gasteiger partial charge in [0.15, 0.2) is 0 Å². The molecule has 7 heteroatoms. The Hall–Kier alpha value is -1.21. The molecule has 0 aromatic heterocycles. The van der Waals surface area contributed by atoms with Crippen LogP contribution in [-0.4, -0.2) is 16.9 Å². The van der Waals surface area contributed by atoms with Gasteiger partial charge in [-0.3, -0.25) is 4.79 Å². The molecule has 1 atom stereocenters. The predicted octanol–water partition coefficient (Wildman–Crippen LogP) is 4.02. The minimum atomic E-state index is -4.47. The van der Waals surface area contributed by atoms with E-state index in [9.17, 15) is 18.0 Å². The zero-order valence-electron chi connectivity index (χ0n) is 12.7. The normalized spacial score (nSPS) is 13.0. The third-order valence-electron chi connectivity index (χ3n) is 3.06. The summed E-state index contributed by atoms with van der Waals surface area (Å²) in [5.41, 5.74) is 5.07. The van der Waals surface area contributed by atoms with Gasteiger partial charge in [-0.05, 0) is 42.9 Å². The summed E-state index contributed by atoms with van der Waals surface area (Å²) in [7, 11) is 0. The lowest BCUT2D eigenvalue weighted by Crippen LogP contribution is -2.23. The number of amides is 1. The molecule has 0 bridgehead atoms. The number of nitrogens with one attached hydrogen (secondary N) is 1. The fourth-order valence-corrected chi connectivity index (χ4v) is 2.79. The summed E-state index contributed by atoms with van der Waals surface area (Å²) >= 11 is 1.49. The standard InChI is InChI=1S/C15H21F3N2OS/c1-3-4-5-22-10(2)14(21)20-13-7-11(9-19)6-12(8-13)15(16,17)18/h6-8,10H,3-5,9,19H2,1-2H3,(H,20,21). The van der Waals surface area contributed by atoms with Crippen molar-refractivity contribution in [1.29, 1.82) is 0 Å². The molecule has 1 amide bonds. The third kappa shape index (κ3) is 5.88. The number of halogens is 3. The Labute approximate surface area is 132 Å². The highest BCUT2D eigenvalue weighted by Gasteiger charge is 2.31. The maximum atomic E-state index is 12.8. The Morgan fingerprint density at radius 1 is 1.36 bits per heavy atom. The second-order valence-corrected chi connectivity index (χ2v) is 6.43. The fourth-order valence-electron chi connectivity index (χ4n) is 1.77. The Bertz CT molecular complexity index is 506. The van der Waals surface area contributed by atoms with Crippen LogP contribution in [0.15, 0.2) is 18.2 Å². The quantitative estimate of drug-likeness (QED) is 0.740. The van der Waals surface area contributed by atoms with Crippen molar-refractivity contribution in [3.8, 4) is 0 Å². The summed E-state index contributed by atoms with van der Waals surface area (Å²) in [4.78, 5) is 12.0. The highest BCUT2D eigenvalue weighted by molar-refractivity contribution is 8.00. The number of alkyl halides is 3. The van der Waals surface area contributed by atoms with Crippen LogP contribution in [0.5, 0.6) is 0 Å². The predicted molar refractivity (Wildman–Crippen MR) is 84.8 cm³/mol. The Morgan fingerprint density at radius 3 is 2.59 bits per heavy atom. The maximum absolute atomic E-state index is 12.8. The number of hydrogen-bond donors (Lipinski definition) is 2. The average molecular weight is 334 g/mol. The van der Waals surface area contributed by atoms with Gasteiger partial charge in [0, 0.05) is 12.2 Å². The molecule has 1 aromatic carbocycles. The van der Waals surface area contributed by atoms with E-state index in [1.807, 2.05) is 0 Å². The molecule has 3 nitrogen and oxygen atoms in total. The van der Waals surface area contributed by atoms with Crippen molar-refractivity contribution in [2.75, 3.05) is 11.1 Å². The Kier molecular flexibility index (Phi) is 7.22. The van der Waals surface area contributed by atoms with E-state index in [2.05, 4.69) is 12.2 Å². The first-order valence-electron chi connectivity index (χ1n) is 7.11. The summed E-state index contributed by atoms with van der Waals surface area (Å²) in [6, 6.07) is 3.39. The fraction of sp³-hybridized carbons (Fsp3) is 0.533. The van der Waals surface area contributed by atoms with E-state index in [1.165, 1.54) is 17.8 Å². The molecule has 22 heavy (non-hydrogen) atoms. The lowest BCUT2D eigenvalue weighted by atomic mass is 10.1. The van der Waals surface area contributed by atoms with Crippen LogP contribution < -0.4 is 11.1 Å². The van der Waals surface area contributed by atoms with Gasteiger partial charge in [-0.2, -0.15) is 13.2 Å². The number of carbonyl (C=O) groups is 1. The van der Waals surface area contributed by atoms with Gasteiger partial charge in [0.25, 0.3) is 0 Å². The van der Waals surface area contributed by atoms with E-state index in [0.717, 1.165) is 30.7 Å². The van der Waals surface area contributed by atoms with Gasteiger partial charge >= 0.3 is 6.18 Å². The van der Waals surface area contributed by atoms with Gasteiger partial charge in [0.05, 0.1) is 10.8 Å². The van der Waals surface area contributed by atoms with Crippen molar-refractivity contribution >= 4 is 23.4 Å². The van der Waals surface area contributed by atoms with Gasteiger partial charge in [-0.15, -0.1) is 11.8 Å². The number of anilines is 1. The third-order valence-corrected chi connectivity index (χ3v) is 4.30. The van der Waals surface area contributed by atoms with Crippen LogP contribution in [0.2, 0.25) is 0 Å². The van der Waals surface area contributed by atoms with Gasteiger partial charge in [0.2, 0.25) is 5.91 Å². The van der Waals surface area contributed by atoms with E-state index < -0.39 is 11.7 Å². The van der Waals surface area contributed by atoms with E-state index in [4.69, 9.17) is 5.73 Å². The van der Waals surface area contributed by atoms with Gasteiger partial charge in [0.1, 0.15) is 0 Å². The molecule has 0 saturated heterocycles. The summed E-state index contributed by atoms with van der Waals surface area (Å²) < 4.78 is 38.5. The minimum Gasteiger partial charge on any atom is -0.326 e. The first-order chi connectivity index (χ1) is 10.3. The highest BCUT2D eigenvalue weighted by atomic mass is 32.2. The molecule has 0 spiro atoms. The lowest BCUT2D eigenvalue weighted by molar-refractivity contribution is -0.137. The molecular formula is C15H21F3N2OS. The second kappa shape index (κ2) is 8.43. The van der Waals surface area contributed by atoms with Crippen LogP contribution in [0.3, 0.4) is 0 Å². The molecular weight excluding hydrogens is 313 g/mol. The van der Waals surface area contributed by atoms with Gasteiger partial charge < -0.3 is 11.1 Å². The maximum Gasteiger partial charge on any atom is 0.416 e. The molecule has 0 aliphatic carbocycles. The number of unbranched alkanes of at least 4 members (excludes halogenated alkanes) is 1. The van der Waals surface area contributed by atoms with Gasteiger partial charge in [-0.25, -0.2) is 0 Å². The summed E-state index contributed by atoms with van der Waals surface area (Å²) in [5.74, 6) is 0.547. The van der Waals surface area contributed by atoms with Gasteiger partial charge in [-0.1, -0.05) is 13.3 Å². The molecule has 1 unspecified atom stereocenters. The molecule has 124 valence electrons. The number of nitrogens with two attached hydrogens (primary N) is 1. The van der Waals surface area contributed by atoms with Crippen LogP contribution in [0.25, 0.3) is 0 Å². The van der Waals surface area contributed by atoms with Crippen molar-refractivity contribution in [2.24, 2.45) is 5.73 Å². The highest BCUT2D eigenvalue weighted by Crippen LogP contribution is 2.32. The van der Waals surface area contributed by atoms with Crippen LogP contribution >= 0.6 is 11.8 Å². The average Bonchev–Trinajstić information content (AvgIpc) is 2.46. The van der Waals surface area contributed by atoms with Crippen molar-refractivity contribution in [3.63, 3.8) is 0 Å². The van der Waals surface area contributed by atoms with Crippen LogP contribution in [0, 0.1) is 0 Å². The molecule has 0 aliphatic heterocycles. The van der Waals surface area contributed by atoms with Crippen LogP contribution in [0.4, 0.5) is 18.9 Å². The van der Waals surface area contributed by atoms with E-state index in [0.29, 0.717) is 5.56 Å². The number of rotatable bonds is 7. The first-order valence-corrected chi connectivity index (χ1v) is 8.16. The molecule has 0 saturated carbocycles. The molecule has 0 heterocycles. The topological polar surface area (TPSA) is 55.1 Å². The molecule has 0 fully saturated rings. The largest absolute Gasteiger partial charge is 0.416 e. The SMILES string of the molecule is CCCCSC(C)C(=O)Nc1cc(CN)cc(C(F)(F)F)c1. The minimum absolute atomic E-state index is 0.0202. The Balaban J connectivity index is 2.81. The van der Waals surface area contributed by atoms with E-state index in [1.54, 1.807) is 6.92 Å². The molecule has 1 rings (SSSR count). The summed E-state index contributed by atoms with van der Waals surface area (Å²) in [6.07, 6.45) is -2.43. The second-order valence-electron chi connectivity index (χ2n) is 4.98. The van der Waals surface area contributed by atoms with Crippen molar-refractivity contribution in [1.82, 2.24) is 0 Å². The van der Waals surface area contributed by atoms with Crippen molar-refractivity contribution in [2.45, 2.75) is 44.7 Å². The van der Waals surface area contributed by atoms with Crippen LogP contribution in [-0.2, 0) is 17.5 Å². The van der Waals surface area contributed by atoms with E-state index in [-0.39, 0.29) is 23.4 Å². The number of carbonyl (C=O) groups excluding carboxylic acids is 1. The number of benzene rings is 1. The number of thioether (sulfide) groups is 1. The number of hydrogen-bond acceptors (Lipinski definition) is 3. The lowest BCUT2D eigenvalue weighted by Gasteiger charge is -2.15. The monoisotopic (exact) mass is 334 g/mol. The molecule has 1 aromatic rings. The van der Waals surface area contributed by atoms with Crippen LogP contribution in [0.1, 0.15) is 37.8 Å². The van der Waals surface area contributed by atoms with Crippen molar-refractivity contribution in [3.05, 3.63) is 29.3 Å². The summed E-state index contributed by atoms with van der Waals surface area (Å²) in [6.45, 7) is 3.78. The molecule has 0 aliphatic rings. The molecule has 3 N–H and O–H groups in total.